The molecule has 2 unspecified atom stereocenters. The Hall–Kier alpha value is -1.33. The summed E-state index contributed by atoms with van der Waals surface area (Å²) in [5.41, 5.74) is 11.4. The van der Waals surface area contributed by atoms with Crippen LogP contribution in [0.25, 0.3) is 0 Å². The number of thiophene rings is 2. The molecule has 3 nitrogen and oxygen atoms in total. The van der Waals surface area contributed by atoms with Crippen LogP contribution in [0.15, 0.2) is 24.3 Å². The molecular formula is C12H12N2OS2. The molecule has 88 valence electrons. The van der Waals surface area contributed by atoms with E-state index in [9.17, 15) is 4.79 Å². The van der Waals surface area contributed by atoms with Crippen LogP contribution in [0, 0.1) is 0 Å². The summed E-state index contributed by atoms with van der Waals surface area (Å²) >= 11 is 3.03. The molecule has 1 aliphatic rings. The topological polar surface area (TPSA) is 69.1 Å². The first-order valence-electron chi connectivity index (χ1n) is 5.39. The van der Waals surface area contributed by atoms with Crippen molar-refractivity contribution >= 4 is 38.5 Å². The molecule has 5 heteroatoms. The molecule has 3 rings (SSSR count). The number of hydrogen-bond acceptors (Lipinski definition) is 5. The lowest BCUT2D eigenvalue weighted by Crippen LogP contribution is -2.32. The fourth-order valence-electron chi connectivity index (χ4n) is 2.17. The molecule has 0 aliphatic heterocycles. The van der Waals surface area contributed by atoms with Gasteiger partial charge in [-0.15, -0.1) is 22.7 Å². The van der Waals surface area contributed by atoms with E-state index >= 15 is 0 Å². The number of rotatable bonds is 2. The van der Waals surface area contributed by atoms with Crippen LogP contribution in [0.2, 0.25) is 0 Å². The van der Waals surface area contributed by atoms with Crippen LogP contribution >= 0.6 is 22.7 Å². The van der Waals surface area contributed by atoms with Gasteiger partial charge in [0.15, 0.2) is 0 Å². The number of nitrogen functional groups attached to an aromatic ring is 2. The maximum absolute atomic E-state index is 12.1. The Morgan fingerprint density at radius 1 is 0.941 bits per heavy atom. The van der Waals surface area contributed by atoms with Crippen LogP contribution in [0.4, 0.5) is 10.0 Å². The lowest BCUT2D eigenvalue weighted by atomic mass is 9.72. The summed E-state index contributed by atoms with van der Waals surface area (Å²) in [6, 6.07) is 7.65. The Balaban J connectivity index is 1.77. The highest BCUT2D eigenvalue weighted by molar-refractivity contribution is 7.16. The average molecular weight is 264 g/mol. The fourth-order valence-corrected chi connectivity index (χ4v) is 3.97. The molecule has 0 radical (unpaired) electrons. The zero-order valence-electron chi connectivity index (χ0n) is 9.05. The Morgan fingerprint density at radius 2 is 1.41 bits per heavy atom. The van der Waals surface area contributed by atoms with Gasteiger partial charge < -0.3 is 11.5 Å². The van der Waals surface area contributed by atoms with Crippen molar-refractivity contribution in [3.63, 3.8) is 0 Å². The second-order valence-corrected chi connectivity index (χ2v) is 6.52. The summed E-state index contributed by atoms with van der Waals surface area (Å²) in [5.74, 6) is 0.393. The minimum atomic E-state index is 0.0469. The third kappa shape index (κ3) is 1.75. The Morgan fingerprint density at radius 3 is 1.71 bits per heavy atom. The molecule has 4 N–H and O–H groups in total. The number of hydrogen-bond donors (Lipinski definition) is 2. The van der Waals surface area contributed by atoms with E-state index in [0.29, 0.717) is 5.78 Å². The van der Waals surface area contributed by atoms with E-state index in [1.165, 1.54) is 22.7 Å². The first kappa shape index (κ1) is 10.8. The van der Waals surface area contributed by atoms with E-state index in [1.807, 2.05) is 24.3 Å². The van der Waals surface area contributed by atoms with Gasteiger partial charge in [0.25, 0.3) is 0 Å². The van der Waals surface area contributed by atoms with Crippen molar-refractivity contribution in [2.45, 2.75) is 18.3 Å². The molecule has 1 saturated carbocycles. The molecule has 0 amide bonds. The Kier molecular flexibility index (Phi) is 2.45. The quantitative estimate of drug-likeness (QED) is 0.876. The van der Waals surface area contributed by atoms with Gasteiger partial charge in [0.1, 0.15) is 5.78 Å². The van der Waals surface area contributed by atoms with Gasteiger partial charge in [-0.2, -0.15) is 0 Å². The third-order valence-corrected chi connectivity index (χ3v) is 5.20. The third-order valence-electron chi connectivity index (χ3n) is 3.14. The minimum Gasteiger partial charge on any atom is -0.391 e. The van der Waals surface area contributed by atoms with E-state index < -0.39 is 0 Å². The average Bonchev–Trinajstić information content (AvgIpc) is 2.87. The lowest BCUT2D eigenvalue weighted by molar-refractivity contribution is -0.127. The molecule has 0 spiro atoms. The van der Waals surface area contributed by atoms with Gasteiger partial charge in [-0.1, -0.05) is 0 Å². The number of anilines is 2. The predicted molar refractivity (Wildman–Crippen MR) is 72.6 cm³/mol. The van der Waals surface area contributed by atoms with E-state index in [1.54, 1.807) is 0 Å². The van der Waals surface area contributed by atoms with E-state index in [-0.39, 0.29) is 11.8 Å². The molecule has 2 aromatic rings. The molecule has 1 aliphatic carbocycles. The largest absolute Gasteiger partial charge is 0.391 e. The molecule has 2 atom stereocenters. The standard InChI is InChI=1S/C12H12N2OS2/c13-10-3-1-8(16-10)6-5-7(12(6)15)9-2-4-11(14)17-9/h1-4,6-7H,5,13-14H2. The van der Waals surface area contributed by atoms with Crippen LogP contribution in [0.3, 0.4) is 0 Å². The van der Waals surface area contributed by atoms with Crippen molar-refractivity contribution in [3.8, 4) is 0 Å². The van der Waals surface area contributed by atoms with Gasteiger partial charge in [-0.05, 0) is 30.7 Å². The second-order valence-electron chi connectivity index (χ2n) is 4.22. The molecule has 0 saturated heterocycles. The van der Waals surface area contributed by atoms with Crippen molar-refractivity contribution in [3.05, 3.63) is 34.0 Å². The van der Waals surface area contributed by atoms with Crippen LogP contribution in [-0.4, -0.2) is 5.78 Å². The Labute approximate surface area is 107 Å². The molecule has 0 aromatic carbocycles. The van der Waals surface area contributed by atoms with Crippen molar-refractivity contribution in [1.82, 2.24) is 0 Å². The number of Topliss-reactive ketones (excluding diaryl/α,β-unsaturated/α-hetero) is 1. The zero-order valence-corrected chi connectivity index (χ0v) is 10.7. The second kappa shape index (κ2) is 3.85. The monoisotopic (exact) mass is 264 g/mol. The molecule has 0 bridgehead atoms. The lowest BCUT2D eigenvalue weighted by Gasteiger charge is -2.32. The van der Waals surface area contributed by atoms with Crippen LogP contribution < -0.4 is 11.5 Å². The molecule has 2 aromatic heterocycles. The number of carbonyl (C=O) groups excluding carboxylic acids is 1. The molecular weight excluding hydrogens is 252 g/mol. The highest BCUT2D eigenvalue weighted by Crippen LogP contribution is 2.48. The summed E-state index contributed by atoms with van der Waals surface area (Å²) in [4.78, 5) is 14.3. The van der Waals surface area contributed by atoms with Gasteiger partial charge in [0.2, 0.25) is 0 Å². The van der Waals surface area contributed by atoms with Crippen molar-refractivity contribution < 1.29 is 4.79 Å². The summed E-state index contributed by atoms with van der Waals surface area (Å²) in [7, 11) is 0. The van der Waals surface area contributed by atoms with Crippen molar-refractivity contribution in [1.29, 1.82) is 0 Å². The maximum atomic E-state index is 12.1. The number of carbonyl (C=O) groups is 1. The van der Waals surface area contributed by atoms with E-state index in [2.05, 4.69) is 0 Å². The fraction of sp³-hybridized carbons (Fsp3) is 0.250. The smallest absolute Gasteiger partial charge is 0.149 e. The van der Waals surface area contributed by atoms with Gasteiger partial charge in [0, 0.05) is 9.75 Å². The minimum absolute atomic E-state index is 0.0469. The van der Waals surface area contributed by atoms with Crippen LogP contribution in [0.5, 0.6) is 0 Å². The first-order valence-corrected chi connectivity index (χ1v) is 7.02. The van der Waals surface area contributed by atoms with Gasteiger partial charge in [0.05, 0.1) is 21.8 Å². The summed E-state index contributed by atoms with van der Waals surface area (Å²) < 4.78 is 0. The van der Waals surface area contributed by atoms with Gasteiger partial charge >= 0.3 is 0 Å². The predicted octanol–water partition coefficient (Wildman–Crippen LogP) is 2.81. The molecule has 2 heterocycles. The van der Waals surface area contributed by atoms with Crippen LogP contribution in [0.1, 0.15) is 28.0 Å². The zero-order chi connectivity index (χ0) is 12.0. The van der Waals surface area contributed by atoms with E-state index in [0.717, 1.165) is 26.2 Å². The van der Waals surface area contributed by atoms with E-state index in [4.69, 9.17) is 11.5 Å². The SMILES string of the molecule is Nc1ccc(C2CC(c3ccc(N)s3)C2=O)s1. The Bertz CT molecular complexity index is 524. The summed E-state index contributed by atoms with van der Waals surface area (Å²) in [5, 5.41) is 1.55. The first-order chi connectivity index (χ1) is 8.15. The molecule has 1 fully saturated rings. The van der Waals surface area contributed by atoms with Crippen molar-refractivity contribution in [2.24, 2.45) is 0 Å². The van der Waals surface area contributed by atoms with Crippen molar-refractivity contribution in [2.75, 3.05) is 11.5 Å². The highest BCUT2D eigenvalue weighted by Gasteiger charge is 2.42. The highest BCUT2D eigenvalue weighted by atomic mass is 32.1. The number of nitrogens with two attached hydrogens (primary N) is 2. The van der Waals surface area contributed by atoms with Gasteiger partial charge in [-0.3, -0.25) is 4.79 Å². The van der Waals surface area contributed by atoms with Crippen LogP contribution in [-0.2, 0) is 4.79 Å². The normalized spacial score (nSPS) is 23.6. The van der Waals surface area contributed by atoms with Gasteiger partial charge in [-0.25, -0.2) is 0 Å². The maximum Gasteiger partial charge on any atom is 0.149 e. The number of ketones is 1. The summed E-state index contributed by atoms with van der Waals surface area (Å²) in [6.45, 7) is 0. The summed E-state index contributed by atoms with van der Waals surface area (Å²) in [6.07, 6.45) is 0.888. The molecule has 17 heavy (non-hydrogen) atoms.